The summed E-state index contributed by atoms with van der Waals surface area (Å²) in [6.07, 6.45) is 0. The van der Waals surface area contributed by atoms with Crippen molar-refractivity contribution < 1.29 is 19.1 Å². The zero-order valence-corrected chi connectivity index (χ0v) is 19.4. The van der Waals surface area contributed by atoms with E-state index in [4.69, 9.17) is 9.47 Å². The molecule has 0 saturated carbocycles. The molecule has 6 nitrogen and oxygen atoms in total. The van der Waals surface area contributed by atoms with Gasteiger partial charge < -0.3 is 14.8 Å². The molecular weight excluding hydrogens is 440 g/mol. The lowest BCUT2D eigenvalue weighted by atomic mass is 10.0. The zero-order valence-electron chi connectivity index (χ0n) is 19.4. The first kappa shape index (κ1) is 22.2. The average Bonchev–Trinajstić information content (AvgIpc) is 3.13. The standard InChI is InChI=1S/C29H24N2O4/c1-34-24-16-15-19(17-25(24)35-2)18-31-28(32)26(21-10-4-3-5-11-21)27(29(31)33)30-23-14-8-12-20-9-6-7-13-22(20)23/h3-17,30H,18H2,1-2H3. The van der Waals surface area contributed by atoms with Crippen molar-refractivity contribution in [3.8, 4) is 11.5 Å². The first-order valence-corrected chi connectivity index (χ1v) is 11.2. The molecule has 5 rings (SSSR count). The van der Waals surface area contributed by atoms with Crippen molar-refractivity contribution in [1.29, 1.82) is 0 Å². The molecule has 1 aliphatic heterocycles. The molecule has 0 atom stereocenters. The lowest BCUT2D eigenvalue weighted by molar-refractivity contribution is -0.137. The molecule has 0 fully saturated rings. The number of hydrogen-bond acceptors (Lipinski definition) is 5. The number of rotatable bonds is 7. The monoisotopic (exact) mass is 464 g/mol. The van der Waals surface area contributed by atoms with Crippen LogP contribution in [0.15, 0.2) is 96.7 Å². The van der Waals surface area contributed by atoms with Crippen LogP contribution in [-0.2, 0) is 16.1 Å². The minimum absolute atomic E-state index is 0.106. The van der Waals surface area contributed by atoms with Gasteiger partial charge in [0.25, 0.3) is 11.8 Å². The Labute approximate surface area is 203 Å². The van der Waals surface area contributed by atoms with Crippen molar-refractivity contribution in [3.63, 3.8) is 0 Å². The largest absolute Gasteiger partial charge is 0.493 e. The summed E-state index contributed by atoms with van der Waals surface area (Å²) in [5.74, 6) is 0.390. The first-order valence-electron chi connectivity index (χ1n) is 11.2. The van der Waals surface area contributed by atoms with E-state index in [9.17, 15) is 9.59 Å². The van der Waals surface area contributed by atoms with Crippen LogP contribution in [0, 0.1) is 0 Å². The zero-order chi connectivity index (χ0) is 24.4. The van der Waals surface area contributed by atoms with Crippen LogP contribution in [0.1, 0.15) is 11.1 Å². The number of carbonyl (C=O) groups is 2. The number of amides is 2. The first-order chi connectivity index (χ1) is 17.1. The van der Waals surface area contributed by atoms with Crippen molar-refractivity contribution >= 4 is 33.8 Å². The van der Waals surface area contributed by atoms with Gasteiger partial charge in [0.05, 0.1) is 26.3 Å². The number of nitrogens with zero attached hydrogens (tertiary/aromatic N) is 1. The third kappa shape index (κ3) is 4.10. The van der Waals surface area contributed by atoms with Gasteiger partial charge in [0, 0.05) is 11.1 Å². The third-order valence-corrected chi connectivity index (χ3v) is 6.07. The van der Waals surface area contributed by atoms with Crippen LogP contribution in [0.4, 0.5) is 5.69 Å². The van der Waals surface area contributed by atoms with Crippen molar-refractivity contribution in [2.45, 2.75) is 6.54 Å². The fraction of sp³-hybridized carbons (Fsp3) is 0.103. The minimum atomic E-state index is -0.378. The molecule has 0 unspecified atom stereocenters. The van der Waals surface area contributed by atoms with Crippen molar-refractivity contribution in [3.05, 3.63) is 108 Å². The number of methoxy groups -OCH3 is 2. The van der Waals surface area contributed by atoms with Gasteiger partial charge in [-0.05, 0) is 34.7 Å². The second-order valence-electron chi connectivity index (χ2n) is 8.15. The molecule has 1 heterocycles. The summed E-state index contributed by atoms with van der Waals surface area (Å²) in [5, 5.41) is 5.30. The normalized spacial score (nSPS) is 13.5. The van der Waals surface area contributed by atoms with E-state index in [1.165, 1.54) is 4.90 Å². The van der Waals surface area contributed by atoms with E-state index in [0.717, 1.165) is 22.0 Å². The fourth-order valence-electron chi connectivity index (χ4n) is 4.34. The Bertz CT molecular complexity index is 1460. The number of imide groups is 1. The Balaban J connectivity index is 1.55. The molecule has 2 amide bonds. The van der Waals surface area contributed by atoms with E-state index >= 15 is 0 Å². The summed E-state index contributed by atoms with van der Waals surface area (Å²) in [6.45, 7) is 0.106. The predicted molar refractivity (Wildman–Crippen MR) is 136 cm³/mol. The van der Waals surface area contributed by atoms with Gasteiger partial charge in [0.2, 0.25) is 0 Å². The summed E-state index contributed by atoms with van der Waals surface area (Å²) in [4.78, 5) is 28.5. The lowest BCUT2D eigenvalue weighted by Crippen LogP contribution is -2.32. The summed E-state index contributed by atoms with van der Waals surface area (Å²) in [6, 6.07) is 28.4. The highest BCUT2D eigenvalue weighted by molar-refractivity contribution is 6.36. The maximum Gasteiger partial charge on any atom is 0.278 e. The van der Waals surface area contributed by atoms with Crippen LogP contribution in [0.5, 0.6) is 11.5 Å². The van der Waals surface area contributed by atoms with Crippen LogP contribution in [0.2, 0.25) is 0 Å². The number of ether oxygens (including phenoxy) is 2. The van der Waals surface area contributed by atoms with E-state index in [1.54, 1.807) is 26.4 Å². The van der Waals surface area contributed by atoms with Crippen LogP contribution in [0.25, 0.3) is 16.3 Å². The van der Waals surface area contributed by atoms with Crippen molar-refractivity contribution in [2.75, 3.05) is 19.5 Å². The van der Waals surface area contributed by atoms with E-state index in [2.05, 4.69) is 5.32 Å². The summed E-state index contributed by atoms with van der Waals surface area (Å²) in [5.41, 5.74) is 2.81. The van der Waals surface area contributed by atoms with Gasteiger partial charge >= 0.3 is 0 Å². The van der Waals surface area contributed by atoms with Crippen molar-refractivity contribution in [2.24, 2.45) is 0 Å². The van der Waals surface area contributed by atoms with E-state index < -0.39 is 0 Å². The quantitative estimate of drug-likeness (QED) is 0.379. The van der Waals surface area contributed by atoms with Crippen LogP contribution >= 0.6 is 0 Å². The Hall–Kier alpha value is -4.58. The average molecular weight is 465 g/mol. The molecule has 4 aromatic rings. The molecule has 1 aliphatic rings. The fourth-order valence-corrected chi connectivity index (χ4v) is 4.34. The number of fused-ring (bicyclic) bond motifs is 1. The van der Waals surface area contributed by atoms with Crippen LogP contribution < -0.4 is 14.8 Å². The SMILES string of the molecule is COc1ccc(CN2C(=O)C(Nc3cccc4ccccc34)=C(c3ccccc3)C2=O)cc1OC. The maximum absolute atomic E-state index is 13.7. The summed E-state index contributed by atoms with van der Waals surface area (Å²) >= 11 is 0. The van der Waals surface area contributed by atoms with E-state index in [0.29, 0.717) is 22.6 Å². The van der Waals surface area contributed by atoms with E-state index in [1.807, 2.05) is 78.9 Å². The van der Waals surface area contributed by atoms with Crippen molar-refractivity contribution in [1.82, 2.24) is 4.90 Å². The highest BCUT2D eigenvalue weighted by Crippen LogP contribution is 2.34. The highest BCUT2D eigenvalue weighted by atomic mass is 16.5. The maximum atomic E-state index is 13.7. The van der Waals surface area contributed by atoms with Crippen LogP contribution in [-0.4, -0.2) is 30.9 Å². The van der Waals surface area contributed by atoms with Gasteiger partial charge in [-0.25, -0.2) is 0 Å². The van der Waals surface area contributed by atoms with Crippen LogP contribution in [0.3, 0.4) is 0 Å². The Morgan fingerprint density at radius 1 is 0.743 bits per heavy atom. The Morgan fingerprint density at radius 2 is 1.46 bits per heavy atom. The highest BCUT2D eigenvalue weighted by Gasteiger charge is 2.39. The number of benzene rings is 4. The number of carbonyl (C=O) groups excluding carboxylic acids is 2. The molecule has 0 aliphatic carbocycles. The predicted octanol–water partition coefficient (Wildman–Crippen LogP) is 5.25. The van der Waals surface area contributed by atoms with Gasteiger partial charge in [0.1, 0.15) is 5.70 Å². The molecule has 0 spiro atoms. The molecule has 0 radical (unpaired) electrons. The van der Waals surface area contributed by atoms with Gasteiger partial charge in [-0.3, -0.25) is 14.5 Å². The Kier molecular flexibility index (Phi) is 5.94. The molecule has 4 aromatic carbocycles. The van der Waals surface area contributed by atoms with E-state index in [-0.39, 0.29) is 24.1 Å². The lowest BCUT2D eigenvalue weighted by Gasteiger charge is -2.17. The van der Waals surface area contributed by atoms with Gasteiger partial charge in [-0.1, -0.05) is 72.8 Å². The molecule has 35 heavy (non-hydrogen) atoms. The van der Waals surface area contributed by atoms with Gasteiger partial charge in [-0.15, -0.1) is 0 Å². The number of anilines is 1. The molecule has 0 bridgehead atoms. The second kappa shape index (κ2) is 9.35. The third-order valence-electron chi connectivity index (χ3n) is 6.07. The molecule has 174 valence electrons. The molecular formula is C29H24N2O4. The Morgan fingerprint density at radius 3 is 2.23 bits per heavy atom. The minimum Gasteiger partial charge on any atom is -0.493 e. The molecule has 6 heteroatoms. The topological polar surface area (TPSA) is 67.9 Å². The molecule has 1 N–H and O–H groups in total. The van der Waals surface area contributed by atoms with Gasteiger partial charge in [-0.2, -0.15) is 0 Å². The summed E-state index contributed by atoms with van der Waals surface area (Å²) < 4.78 is 10.7. The second-order valence-corrected chi connectivity index (χ2v) is 8.15. The number of hydrogen-bond donors (Lipinski definition) is 1. The summed E-state index contributed by atoms with van der Waals surface area (Å²) in [7, 11) is 3.11. The molecule has 0 aromatic heterocycles. The van der Waals surface area contributed by atoms with Gasteiger partial charge in [0.15, 0.2) is 11.5 Å². The smallest absolute Gasteiger partial charge is 0.278 e. The molecule has 0 saturated heterocycles. The number of nitrogens with one attached hydrogen (secondary N) is 1.